The molecule has 0 spiro atoms. The molecule has 1 heterocycles. The minimum absolute atomic E-state index is 0.0492. The standard InChI is InChI=1S/C31H34Cl2N2O7/c1-8-30(3,4)41-28(38)34-24(18-10-14-20(32)15-11-18)22-23(27(37)40-7)25(19-12-16-21(33)17-13-19)35(26(22)36)29(39)42-31(5,6)9-2/h10-17,36H,8-9H2,1-7H3. The quantitative estimate of drug-likeness (QED) is 0.154. The monoisotopic (exact) mass is 616 g/mol. The average Bonchev–Trinajstić information content (AvgIpc) is 3.24. The van der Waals surface area contributed by atoms with E-state index in [2.05, 4.69) is 4.99 Å². The van der Waals surface area contributed by atoms with E-state index in [4.69, 9.17) is 37.4 Å². The van der Waals surface area contributed by atoms with Gasteiger partial charge < -0.3 is 19.3 Å². The van der Waals surface area contributed by atoms with Gasteiger partial charge in [0.2, 0.25) is 5.88 Å². The van der Waals surface area contributed by atoms with Crippen LogP contribution in [-0.4, -0.2) is 51.9 Å². The van der Waals surface area contributed by atoms with Gasteiger partial charge in [0.1, 0.15) is 11.2 Å². The molecule has 1 amide bonds. The molecular formula is C31H34Cl2N2O7. The summed E-state index contributed by atoms with van der Waals surface area (Å²) in [6, 6.07) is 12.5. The molecule has 0 atom stereocenters. The molecule has 0 fully saturated rings. The predicted molar refractivity (Wildman–Crippen MR) is 162 cm³/mol. The maximum absolute atomic E-state index is 13.7. The molecule has 0 radical (unpaired) electrons. The largest absolute Gasteiger partial charge is 0.494 e. The highest BCUT2D eigenvalue weighted by Crippen LogP contribution is 2.39. The number of ether oxygens (including phenoxy) is 3. The van der Waals surface area contributed by atoms with Gasteiger partial charge in [-0.3, -0.25) is 0 Å². The van der Waals surface area contributed by atoms with Crippen LogP contribution in [0.1, 0.15) is 75.9 Å². The van der Waals surface area contributed by atoms with Crippen molar-refractivity contribution in [2.45, 2.75) is 65.6 Å². The van der Waals surface area contributed by atoms with Gasteiger partial charge in [-0.25, -0.2) is 19.0 Å². The van der Waals surface area contributed by atoms with E-state index in [1.165, 1.54) is 0 Å². The van der Waals surface area contributed by atoms with Gasteiger partial charge in [0.25, 0.3) is 0 Å². The molecule has 0 saturated carbocycles. The first-order chi connectivity index (χ1) is 19.6. The smallest absolute Gasteiger partial charge is 0.434 e. The first-order valence-corrected chi connectivity index (χ1v) is 14.0. The third-order valence-corrected chi connectivity index (χ3v) is 7.33. The van der Waals surface area contributed by atoms with E-state index >= 15 is 0 Å². The van der Waals surface area contributed by atoms with Crippen molar-refractivity contribution in [3.63, 3.8) is 0 Å². The summed E-state index contributed by atoms with van der Waals surface area (Å²) < 4.78 is 17.2. The molecule has 0 saturated heterocycles. The fourth-order valence-corrected chi connectivity index (χ4v) is 4.05. The number of aromatic nitrogens is 1. The van der Waals surface area contributed by atoms with E-state index in [0.29, 0.717) is 34.0 Å². The lowest BCUT2D eigenvalue weighted by molar-refractivity contribution is 0.0363. The number of esters is 1. The van der Waals surface area contributed by atoms with Crippen molar-refractivity contribution in [3.8, 4) is 17.1 Å². The molecule has 0 aliphatic heterocycles. The maximum atomic E-state index is 13.7. The number of benzene rings is 2. The first kappa shape index (κ1) is 32.7. The van der Waals surface area contributed by atoms with Crippen molar-refractivity contribution in [3.05, 3.63) is 75.3 Å². The Hall–Kier alpha value is -3.82. The van der Waals surface area contributed by atoms with Crippen LogP contribution in [-0.2, 0) is 14.2 Å². The van der Waals surface area contributed by atoms with Crippen LogP contribution in [0.5, 0.6) is 5.88 Å². The number of rotatable bonds is 8. The van der Waals surface area contributed by atoms with Crippen LogP contribution < -0.4 is 0 Å². The van der Waals surface area contributed by atoms with Gasteiger partial charge in [0, 0.05) is 15.6 Å². The Bertz CT molecular complexity index is 1510. The summed E-state index contributed by atoms with van der Waals surface area (Å²) in [5.41, 5.74) is -1.82. The Kier molecular flexibility index (Phi) is 10.1. The van der Waals surface area contributed by atoms with Crippen LogP contribution in [0.15, 0.2) is 53.5 Å². The molecule has 2 aromatic carbocycles. The topological polar surface area (TPSA) is 116 Å². The number of amides is 1. The van der Waals surface area contributed by atoms with E-state index in [-0.39, 0.29) is 22.5 Å². The molecule has 11 heteroatoms. The van der Waals surface area contributed by atoms with Crippen molar-refractivity contribution in [2.75, 3.05) is 7.11 Å². The molecule has 3 aromatic rings. The summed E-state index contributed by atoms with van der Waals surface area (Å²) in [7, 11) is 1.15. The summed E-state index contributed by atoms with van der Waals surface area (Å²) in [5.74, 6) is -1.61. The Morgan fingerprint density at radius 1 is 0.833 bits per heavy atom. The number of hydrogen-bond acceptors (Lipinski definition) is 7. The van der Waals surface area contributed by atoms with E-state index in [9.17, 15) is 19.5 Å². The van der Waals surface area contributed by atoms with Gasteiger partial charge >= 0.3 is 18.2 Å². The first-order valence-electron chi connectivity index (χ1n) is 13.3. The van der Waals surface area contributed by atoms with Crippen LogP contribution in [0, 0.1) is 0 Å². The van der Waals surface area contributed by atoms with E-state index in [0.717, 1.165) is 11.7 Å². The molecule has 1 N–H and O–H groups in total. The summed E-state index contributed by atoms with van der Waals surface area (Å²) in [5, 5.41) is 12.5. The molecule has 1 aromatic heterocycles. The number of aliphatic imine (C=N–C) groups is 1. The molecular weight excluding hydrogens is 583 g/mol. The number of aromatic hydroxyl groups is 1. The summed E-state index contributed by atoms with van der Waals surface area (Å²) >= 11 is 12.2. The average molecular weight is 618 g/mol. The molecule has 0 aliphatic carbocycles. The maximum Gasteiger partial charge on any atom is 0.434 e. The molecule has 0 bridgehead atoms. The molecule has 9 nitrogen and oxygen atoms in total. The van der Waals surface area contributed by atoms with Crippen molar-refractivity contribution in [2.24, 2.45) is 4.99 Å². The van der Waals surface area contributed by atoms with Crippen molar-refractivity contribution >= 4 is 47.1 Å². The molecule has 224 valence electrons. The number of hydrogen-bond donors (Lipinski definition) is 1. The fraction of sp³-hybridized carbons (Fsp3) is 0.355. The zero-order valence-electron chi connectivity index (χ0n) is 24.6. The second-order valence-electron chi connectivity index (χ2n) is 10.7. The summed E-state index contributed by atoms with van der Waals surface area (Å²) in [6.07, 6.45) is -0.979. The SMILES string of the molecule is CCC(C)(C)OC(=O)N=C(c1ccc(Cl)cc1)c1c(C(=O)OC)c(-c2ccc(Cl)cc2)n(C(=O)OC(C)(C)CC)c1O. The minimum Gasteiger partial charge on any atom is -0.494 e. The number of nitrogens with zero attached hydrogens (tertiary/aromatic N) is 2. The van der Waals surface area contributed by atoms with Crippen LogP contribution in [0.4, 0.5) is 9.59 Å². The van der Waals surface area contributed by atoms with Crippen LogP contribution in [0.2, 0.25) is 10.0 Å². The molecule has 3 rings (SSSR count). The lowest BCUT2D eigenvalue weighted by Crippen LogP contribution is -2.30. The number of halogens is 2. The molecule has 42 heavy (non-hydrogen) atoms. The minimum atomic E-state index is -0.975. The molecule has 0 unspecified atom stereocenters. The van der Waals surface area contributed by atoms with Gasteiger partial charge in [0.15, 0.2) is 0 Å². The van der Waals surface area contributed by atoms with Gasteiger partial charge in [-0.1, -0.05) is 61.3 Å². The Morgan fingerprint density at radius 3 is 1.83 bits per heavy atom. The second kappa shape index (κ2) is 13.0. The van der Waals surface area contributed by atoms with Crippen LogP contribution >= 0.6 is 23.2 Å². The Labute approximate surface area is 255 Å². The third kappa shape index (κ3) is 7.33. The van der Waals surface area contributed by atoms with Gasteiger partial charge in [-0.15, -0.1) is 0 Å². The summed E-state index contributed by atoms with van der Waals surface area (Å²) in [4.78, 5) is 44.4. The molecule has 0 aliphatic rings. The van der Waals surface area contributed by atoms with Crippen molar-refractivity contribution < 1.29 is 33.7 Å². The highest BCUT2D eigenvalue weighted by atomic mass is 35.5. The third-order valence-electron chi connectivity index (χ3n) is 6.82. The normalized spacial score (nSPS) is 12.2. The van der Waals surface area contributed by atoms with Gasteiger partial charge in [0.05, 0.1) is 29.6 Å². The summed E-state index contributed by atoms with van der Waals surface area (Å²) in [6.45, 7) is 10.5. The Balaban J connectivity index is 2.48. The lowest BCUT2D eigenvalue weighted by atomic mass is 9.97. The van der Waals surface area contributed by atoms with Crippen LogP contribution in [0.25, 0.3) is 11.3 Å². The lowest BCUT2D eigenvalue weighted by Gasteiger charge is -2.24. The zero-order chi connectivity index (χ0) is 31.4. The zero-order valence-corrected chi connectivity index (χ0v) is 26.1. The van der Waals surface area contributed by atoms with E-state index in [1.807, 2.05) is 13.8 Å². The predicted octanol–water partition coefficient (Wildman–Crippen LogP) is 8.29. The fourth-order valence-electron chi connectivity index (χ4n) is 3.79. The van der Waals surface area contributed by atoms with Crippen molar-refractivity contribution in [1.29, 1.82) is 0 Å². The van der Waals surface area contributed by atoms with Crippen molar-refractivity contribution in [1.82, 2.24) is 4.57 Å². The Morgan fingerprint density at radius 2 is 1.33 bits per heavy atom. The number of carbonyl (C=O) groups excluding carboxylic acids is 3. The van der Waals surface area contributed by atoms with Gasteiger partial charge in [-0.05, 0) is 70.4 Å². The number of carbonyl (C=O) groups is 3. The van der Waals surface area contributed by atoms with Gasteiger partial charge in [-0.2, -0.15) is 4.99 Å². The van der Waals surface area contributed by atoms with E-state index < -0.39 is 35.2 Å². The van der Waals surface area contributed by atoms with E-state index in [1.54, 1.807) is 76.2 Å². The highest BCUT2D eigenvalue weighted by molar-refractivity contribution is 6.31. The van der Waals surface area contributed by atoms with Crippen LogP contribution in [0.3, 0.4) is 0 Å². The highest BCUT2D eigenvalue weighted by Gasteiger charge is 2.37. The second-order valence-corrected chi connectivity index (χ2v) is 11.6. The number of methoxy groups -OCH3 is 1.